The van der Waals surface area contributed by atoms with Crippen molar-refractivity contribution < 1.29 is 14.3 Å². The molecule has 0 radical (unpaired) electrons. The number of carbonyl (C=O) groups is 1. The van der Waals surface area contributed by atoms with Crippen LogP contribution in [0.4, 0.5) is 0 Å². The molecule has 5 nitrogen and oxygen atoms in total. The van der Waals surface area contributed by atoms with Crippen molar-refractivity contribution in [3.63, 3.8) is 0 Å². The minimum atomic E-state index is -0.631. The van der Waals surface area contributed by atoms with Crippen LogP contribution >= 0.6 is 0 Å². The van der Waals surface area contributed by atoms with Gasteiger partial charge in [0.1, 0.15) is 5.75 Å². The first-order valence-corrected chi connectivity index (χ1v) is 6.90. The highest BCUT2D eigenvalue weighted by Crippen LogP contribution is 2.16. The number of hydrogen-bond acceptors (Lipinski definition) is 5. The molecule has 0 N–H and O–H groups in total. The van der Waals surface area contributed by atoms with Gasteiger partial charge in [-0.25, -0.2) is 4.79 Å². The number of ether oxygens (including phenoxy) is 2. The number of esters is 1. The quantitative estimate of drug-likeness (QED) is 0.794. The lowest BCUT2D eigenvalue weighted by Gasteiger charge is -2.12. The first-order chi connectivity index (χ1) is 10.6. The zero-order valence-electron chi connectivity index (χ0n) is 12.8. The number of aromatic nitrogens is 2. The van der Waals surface area contributed by atoms with E-state index in [0.717, 1.165) is 17.0 Å². The number of carbonyl (C=O) groups excluding carboxylic acids is 1. The molecule has 2 aromatic rings. The maximum Gasteiger partial charge on any atom is 0.346 e. The Morgan fingerprint density at radius 1 is 1.18 bits per heavy atom. The molecule has 0 aliphatic rings. The van der Waals surface area contributed by atoms with Gasteiger partial charge in [0.2, 0.25) is 0 Å². The van der Waals surface area contributed by atoms with Crippen molar-refractivity contribution in [3.8, 4) is 5.75 Å². The van der Waals surface area contributed by atoms with E-state index in [-0.39, 0.29) is 0 Å². The topological polar surface area (TPSA) is 61.3 Å². The molecule has 0 bridgehead atoms. The van der Waals surface area contributed by atoms with Crippen molar-refractivity contribution in [3.05, 3.63) is 53.6 Å². The Kier molecular flexibility index (Phi) is 5.25. The Balaban J connectivity index is 2.01. The Morgan fingerprint density at radius 2 is 1.91 bits per heavy atom. The summed E-state index contributed by atoms with van der Waals surface area (Å²) in [4.78, 5) is 19.7. The molecule has 0 saturated carbocycles. The van der Waals surface area contributed by atoms with E-state index in [9.17, 15) is 4.79 Å². The van der Waals surface area contributed by atoms with E-state index in [1.807, 2.05) is 31.2 Å². The van der Waals surface area contributed by atoms with Crippen LogP contribution in [0.3, 0.4) is 0 Å². The molecule has 0 fully saturated rings. The van der Waals surface area contributed by atoms with Gasteiger partial charge >= 0.3 is 5.97 Å². The molecular weight excluding hydrogens is 280 g/mol. The number of hydrogen-bond donors (Lipinski definition) is 0. The minimum absolute atomic E-state index is 0.401. The van der Waals surface area contributed by atoms with Gasteiger partial charge in [0.15, 0.2) is 6.10 Å². The molecule has 1 unspecified atom stereocenters. The van der Waals surface area contributed by atoms with E-state index in [1.165, 1.54) is 7.11 Å². The van der Waals surface area contributed by atoms with Crippen LogP contribution in [0.15, 0.2) is 36.7 Å². The molecule has 1 heterocycles. The van der Waals surface area contributed by atoms with Gasteiger partial charge in [-0.15, -0.1) is 0 Å². The van der Waals surface area contributed by atoms with Crippen LogP contribution in [0.5, 0.6) is 5.75 Å². The highest BCUT2D eigenvalue weighted by molar-refractivity contribution is 5.74. The fourth-order valence-electron chi connectivity index (χ4n) is 1.82. The van der Waals surface area contributed by atoms with Crippen molar-refractivity contribution in [2.45, 2.75) is 20.0 Å². The molecule has 5 heteroatoms. The second kappa shape index (κ2) is 7.36. The van der Waals surface area contributed by atoms with Crippen LogP contribution in [-0.4, -0.2) is 29.2 Å². The first kappa shape index (κ1) is 15.7. The Morgan fingerprint density at radius 3 is 2.55 bits per heavy atom. The Labute approximate surface area is 129 Å². The maximum atomic E-state index is 11.3. The molecule has 0 amide bonds. The summed E-state index contributed by atoms with van der Waals surface area (Å²) >= 11 is 0. The van der Waals surface area contributed by atoms with Crippen LogP contribution < -0.4 is 4.74 Å². The smallest absolute Gasteiger partial charge is 0.346 e. The third-order valence-electron chi connectivity index (χ3n) is 2.95. The lowest BCUT2D eigenvalue weighted by Crippen LogP contribution is -2.24. The normalized spacial score (nSPS) is 12.1. The fraction of sp³-hybridized carbons (Fsp3) is 0.235. The van der Waals surface area contributed by atoms with Gasteiger partial charge in [-0.1, -0.05) is 18.2 Å². The zero-order valence-corrected chi connectivity index (χ0v) is 12.8. The molecule has 1 atom stereocenters. The standard InChI is InChI=1S/C17H18N2O3/c1-12-10-18-11-15(19-12)7-4-14-5-8-16(9-6-14)22-13(2)17(20)21-3/h4-11,13H,1-3H3/b7-4+. The van der Waals surface area contributed by atoms with E-state index in [1.54, 1.807) is 31.5 Å². The van der Waals surface area contributed by atoms with Crippen molar-refractivity contribution in [2.75, 3.05) is 7.11 Å². The van der Waals surface area contributed by atoms with Gasteiger partial charge < -0.3 is 9.47 Å². The molecule has 114 valence electrons. The summed E-state index contributed by atoms with van der Waals surface area (Å²) in [6.07, 6.45) is 6.63. The molecule has 0 aliphatic heterocycles. The summed E-state index contributed by atoms with van der Waals surface area (Å²) in [5, 5.41) is 0. The second-order valence-electron chi connectivity index (χ2n) is 4.77. The third kappa shape index (κ3) is 4.41. The Bertz CT molecular complexity index is 666. The van der Waals surface area contributed by atoms with Crippen molar-refractivity contribution in [1.29, 1.82) is 0 Å². The molecule has 0 aliphatic carbocycles. The van der Waals surface area contributed by atoms with Gasteiger partial charge in [-0.3, -0.25) is 9.97 Å². The molecule has 22 heavy (non-hydrogen) atoms. The molecular formula is C17H18N2O3. The van der Waals surface area contributed by atoms with Crippen LogP contribution in [0, 0.1) is 6.92 Å². The predicted molar refractivity (Wildman–Crippen MR) is 84.2 cm³/mol. The summed E-state index contributed by atoms with van der Waals surface area (Å²) in [5.41, 5.74) is 2.68. The lowest BCUT2D eigenvalue weighted by molar-refractivity contribution is -0.147. The van der Waals surface area contributed by atoms with Crippen LogP contribution in [0.25, 0.3) is 12.2 Å². The summed E-state index contributed by atoms with van der Waals surface area (Å²) in [6, 6.07) is 7.42. The minimum Gasteiger partial charge on any atom is -0.479 e. The third-order valence-corrected chi connectivity index (χ3v) is 2.95. The average Bonchev–Trinajstić information content (AvgIpc) is 2.53. The summed E-state index contributed by atoms with van der Waals surface area (Å²) in [7, 11) is 1.34. The summed E-state index contributed by atoms with van der Waals surface area (Å²) in [5.74, 6) is 0.215. The largest absolute Gasteiger partial charge is 0.479 e. The van der Waals surface area contributed by atoms with E-state index in [2.05, 4.69) is 14.7 Å². The van der Waals surface area contributed by atoms with Gasteiger partial charge in [0, 0.05) is 6.20 Å². The lowest BCUT2D eigenvalue weighted by atomic mass is 10.2. The maximum absolute atomic E-state index is 11.3. The van der Waals surface area contributed by atoms with Gasteiger partial charge in [0.25, 0.3) is 0 Å². The van der Waals surface area contributed by atoms with E-state index in [4.69, 9.17) is 4.74 Å². The van der Waals surface area contributed by atoms with Crippen molar-refractivity contribution >= 4 is 18.1 Å². The molecule has 2 rings (SSSR count). The van der Waals surface area contributed by atoms with Crippen LogP contribution in [0.2, 0.25) is 0 Å². The van der Waals surface area contributed by atoms with Gasteiger partial charge in [0.05, 0.1) is 24.7 Å². The summed E-state index contributed by atoms with van der Waals surface area (Å²) in [6.45, 7) is 3.55. The number of rotatable bonds is 5. The number of benzene rings is 1. The zero-order chi connectivity index (χ0) is 15.9. The van der Waals surface area contributed by atoms with E-state index < -0.39 is 12.1 Å². The average molecular weight is 298 g/mol. The van der Waals surface area contributed by atoms with Gasteiger partial charge in [-0.05, 0) is 37.6 Å². The highest BCUT2D eigenvalue weighted by Gasteiger charge is 2.14. The van der Waals surface area contributed by atoms with Crippen LogP contribution in [0.1, 0.15) is 23.9 Å². The first-order valence-electron chi connectivity index (χ1n) is 6.90. The van der Waals surface area contributed by atoms with E-state index >= 15 is 0 Å². The van der Waals surface area contributed by atoms with Crippen molar-refractivity contribution in [2.24, 2.45) is 0 Å². The van der Waals surface area contributed by atoms with E-state index in [0.29, 0.717) is 5.75 Å². The molecule has 0 spiro atoms. The number of methoxy groups -OCH3 is 1. The number of aryl methyl sites for hydroxylation is 1. The second-order valence-corrected chi connectivity index (χ2v) is 4.77. The monoisotopic (exact) mass is 298 g/mol. The fourth-order valence-corrected chi connectivity index (χ4v) is 1.82. The SMILES string of the molecule is COC(=O)C(C)Oc1ccc(/C=C/c2cncc(C)n2)cc1. The molecule has 0 saturated heterocycles. The van der Waals surface area contributed by atoms with Gasteiger partial charge in [-0.2, -0.15) is 0 Å². The Hall–Kier alpha value is -2.69. The van der Waals surface area contributed by atoms with Crippen LogP contribution in [-0.2, 0) is 9.53 Å². The summed E-state index contributed by atoms with van der Waals surface area (Å²) < 4.78 is 10.1. The highest BCUT2D eigenvalue weighted by atomic mass is 16.6. The van der Waals surface area contributed by atoms with Crippen molar-refractivity contribution in [1.82, 2.24) is 9.97 Å². The number of nitrogens with zero attached hydrogens (tertiary/aromatic N) is 2. The molecule has 1 aromatic heterocycles. The molecule has 1 aromatic carbocycles. The predicted octanol–water partition coefficient (Wildman–Crippen LogP) is 2.90.